The summed E-state index contributed by atoms with van der Waals surface area (Å²) < 4.78 is 50.9. The molecule has 0 saturated carbocycles. The van der Waals surface area contributed by atoms with Crippen molar-refractivity contribution in [3.05, 3.63) is 55.3 Å². The lowest BCUT2D eigenvalue weighted by Crippen LogP contribution is -2.36. The summed E-state index contributed by atoms with van der Waals surface area (Å²) >= 11 is 7.43. The van der Waals surface area contributed by atoms with Crippen LogP contribution in [-0.4, -0.2) is 42.2 Å². The average molecular weight is 638 g/mol. The number of rotatable bonds is 7. The summed E-state index contributed by atoms with van der Waals surface area (Å²) in [4.78, 5) is 38.5. The van der Waals surface area contributed by atoms with Crippen molar-refractivity contribution in [3.63, 3.8) is 0 Å². The third kappa shape index (κ3) is 6.39. The first-order valence-corrected chi connectivity index (χ1v) is 12.3. The molecule has 13 heteroatoms. The maximum Gasteiger partial charge on any atom is 0.416 e. The van der Waals surface area contributed by atoms with Crippen LogP contribution >= 0.6 is 43.6 Å². The highest BCUT2D eigenvalue weighted by Gasteiger charge is 2.37. The molecular weight excluding hydrogens is 621 g/mol. The Bertz CT molecular complexity index is 1200. The van der Waals surface area contributed by atoms with E-state index in [0.29, 0.717) is 49.6 Å². The van der Waals surface area contributed by atoms with Gasteiger partial charge in [0.15, 0.2) is 0 Å². The van der Waals surface area contributed by atoms with Crippen molar-refractivity contribution in [1.82, 2.24) is 4.90 Å². The zero-order valence-electron chi connectivity index (χ0n) is 18.2. The Morgan fingerprint density at radius 1 is 1.17 bits per heavy atom. The summed E-state index contributed by atoms with van der Waals surface area (Å²) in [5.41, 5.74) is -0.634. The van der Waals surface area contributed by atoms with Gasteiger partial charge in [-0.3, -0.25) is 19.3 Å². The molecule has 0 radical (unpaired) electrons. The van der Waals surface area contributed by atoms with Crippen molar-refractivity contribution in [2.45, 2.75) is 13.1 Å². The van der Waals surface area contributed by atoms with Gasteiger partial charge in [0.25, 0.3) is 11.1 Å². The van der Waals surface area contributed by atoms with Crippen LogP contribution in [0.1, 0.15) is 18.1 Å². The Balaban J connectivity index is 1.77. The quantitative estimate of drug-likeness (QED) is 0.358. The standard InChI is InChI=1S/C22H17Br2F3N2O5S/c1-3-34-19-13(23)6-11(7-14(19)24)8-17-20(31)29(21(32)35-17)10-18(30)28-15-9-12(22(25,26)27)4-5-16(15)33-2/h4-9H,3,10H2,1-2H3,(H,28,30)/b17-8-. The molecular formula is C22H17Br2F3N2O5S. The number of anilines is 1. The van der Waals surface area contributed by atoms with Crippen LogP contribution in [-0.2, 0) is 15.8 Å². The van der Waals surface area contributed by atoms with Crippen molar-refractivity contribution >= 4 is 72.4 Å². The number of ether oxygens (including phenoxy) is 2. The molecule has 0 unspecified atom stereocenters. The van der Waals surface area contributed by atoms with Gasteiger partial charge in [-0.25, -0.2) is 0 Å². The molecule has 2 aromatic carbocycles. The highest BCUT2D eigenvalue weighted by atomic mass is 79.9. The van der Waals surface area contributed by atoms with Gasteiger partial charge in [-0.15, -0.1) is 0 Å². The first kappa shape index (κ1) is 27.1. The Labute approximate surface area is 219 Å². The Hall–Kier alpha value is -2.51. The number of hydrogen-bond donors (Lipinski definition) is 1. The minimum atomic E-state index is -4.63. The van der Waals surface area contributed by atoms with Gasteiger partial charge >= 0.3 is 6.18 Å². The van der Waals surface area contributed by atoms with Crippen molar-refractivity contribution in [3.8, 4) is 11.5 Å². The molecule has 0 bridgehead atoms. The summed E-state index contributed by atoms with van der Waals surface area (Å²) in [5, 5.41) is 1.59. The van der Waals surface area contributed by atoms with E-state index in [0.717, 1.165) is 12.1 Å². The lowest BCUT2D eigenvalue weighted by Gasteiger charge is -2.16. The van der Waals surface area contributed by atoms with Gasteiger partial charge in [-0.1, -0.05) is 0 Å². The number of alkyl halides is 3. The van der Waals surface area contributed by atoms with E-state index in [-0.39, 0.29) is 16.3 Å². The topological polar surface area (TPSA) is 84.9 Å². The van der Waals surface area contributed by atoms with Crippen molar-refractivity contribution in [1.29, 1.82) is 0 Å². The van der Waals surface area contributed by atoms with Gasteiger partial charge in [-0.2, -0.15) is 13.2 Å². The molecule has 1 saturated heterocycles. The molecule has 3 rings (SSSR count). The van der Waals surface area contributed by atoms with E-state index in [1.165, 1.54) is 13.2 Å². The number of halogens is 5. The van der Waals surface area contributed by atoms with Gasteiger partial charge < -0.3 is 14.8 Å². The second-order valence-electron chi connectivity index (χ2n) is 6.98. The fraction of sp³-hybridized carbons (Fsp3) is 0.227. The fourth-order valence-electron chi connectivity index (χ4n) is 3.05. The van der Waals surface area contributed by atoms with Gasteiger partial charge in [0, 0.05) is 0 Å². The van der Waals surface area contributed by atoms with Crippen LogP contribution in [0.15, 0.2) is 44.2 Å². The minimum absolute atomic E-state index is 0.00737. The number of thioether (sulfide) groups is 1. The molecule has 35 heavy (non-hydrogen) atoms. The Morgan fingerprint density at radius 3 is 2.40 bits per heavy atom. The first-order chi connectivity index (χ1) is 16.4. The summed E-state index contributed by atoms with van der Waals surface area (Å²) in [6, 6.07) is 6.00. The van der Waals surface area contributed by atoms with Crippen LogP contribution in [0.3, 0.4) is 0 Å². The van der Waals surface area contributed by atoms with Crippen LogP contribution in [0, 0.1) is 0 Å². The van der Waals surface area contributed by atoms with Crippen molar-refractivity contribution in [2.24, 2.45) is 0 Å². The zero-order valence-corrected chi connectivity index (χ0v) is 22.2. The molecule has 3 amide bonds. The van der Waals surface area contributed by atoms with Gasteiger partial charge in [0.2, 0.25) is 5.91 Å². The molecule has 1 fully saturated rings. The number of benzene rings is 2. The number of methoxy groups -OCH3 is 1. The van der Waals surface area contributed by atoms with E-state index in [1.807, 2.05) is 6.92 Å². The minimum Gasteiger partial charge on any atom is -0.495 e. The number of nitrogens with one attached hydrogen (secondary N) is 1. The molecule has 1 heterocycles. The molecule has 0 aromatic heterocycles. The van der Waals surface area contributed by atoms with E-state index in [9.17, 15) is 27.6 Å². The largest absolute Gasteiger partial charge is 0.495 e. The molecule has 2 aromatic rings. The lowest BCUT2D eigenvalue weighted by molar-refractivity contribution is -0.137. The summed E-state index contributed by atoms with van der Waals surface area (Å²) in [6.07, 6.45) is -3.14. The molecule has 1 aliphatic heterocycles. The van der Waals surface area contributed by atoms with E-state index in [4.69, 9.17) is 9.47 Å². The highest BCUT2D eigenvalue weighted by molar-refractivity contribution is 9.11. The number of hydrogen-bond acceptors (Lipinski definition) is 6. The second-order valence-corrected chi connectivity index (χ2v) is 9.68. The fourth-order valence-corrected chi connectivity index (χ4v) is 5.34. The second kappa shape index (κ2) is 11.0. The van der Waals surface area contributed by atoms with E-state index >= 15 is 0 Å². The van der Waals surface area contributed by atoms with Crippen LogP contribution in [0.2, 0.25) is 0 Å². The average Bonchev–Trinajstić information content (AvgIpc) is 3.02. The van der Waals surface area contributed by atoms with Crippen LogP contribution in [0.5, 0.6) is 11.5 Å². The number of amides is 3. The van der Waals surface area contributed by atoms with Gasteiger partial charge in [0.1, 0.15) is 18.0 Å². The van der Waals surface area contributed by atoms with Crippen LogP contribution in [0.25, 0.3) is 6.08 Å². The third-order valence-corrected chi connectivity index (χ3v) is 6.67. The molecule has 1 aliphatic rings. The SMILES string of the molecule is CCOc1c(Br)cc(/C=C2\SC(=O)N(CC(=O)Nc3cc(C(F)(F)F)ccc3OC)C2=O)cc1Br. The highest BCUT2D eigenvalue weighted by Crippen LogP contribution is 2.38. The van der Waals surface area contributed by atoms with Crippen LogP contribution in [0.4, 0.5) is 23.7 Å². The van der Waals surface area contributed by atoms with E-state index < -0.39 is 35.3 Å². The molecule has 1 N–H and O–H groups in total. The number of imide groups is 1. The summed E-state index contributed by atoms with van der Waals surface area (Å²) in [6.45, 7) is 1.60. The van der Waals surface area contributed by atoms with Gasteiger partial charge in [0.05, 0.1) is 38.8 Å². The Kier molecular flexibility index (Phi) is 8.54. The molecule has 0 spiro atoms. The van der Waals surface area contributed by atoms with Crippen molar-refractivity contribution in [2.75, 3.05) is 25.6 Å². The predicted molar refractivity (Wildman–Crippen MR) is 132 cm³/mol. The smallest absolute Gasteiger partial charge is 0.416 e. The third-order valence-electron chi connectivity index (χ3n) is 4.58. The molecule has 7 nitrogen and oxygen atoms in total. The van der Waals surface area contributed by atoms with Crippen molar-refractivity contribution < 1.29 is 37.0 Å². The number of carbonyl (C=O) groups is 3. The van der Waals surface area contributed by atoms with Gasteiger partial charge in [-0.05, 0) is 92.5 Å². The maximum atomic E-state index is 13.0. The summed E-state index contributed by atoms with van der Waals surface area (Å²) in [7, 11) is 1.23. The maximum absolute atomic E-state index is 13.0. The predicted octanol–water partition coefficient (Wildman–Crippen LogP) is 6.31. The van der Waals surface area contributed by atoms with Crippen LogP contribution < -0.4 is 14.8 Å². The normalized spacial score (nSPS) is 15.1. The lowest BCUT2D eigenvalue weighted by atomic mass is 10.1. The number of carbonyl (C=O) groups excluding carboxylic acids is 3. The number of nitrogens with zero attached hydrogens (tertiary/aromatic N) is 1. The van der Waals surface area contributed by atoms with E-state index in [1.54, 1.807) is 12.1 Å². The monoisotopic (exact) mass is 636 g/mol. The first-order valence-electron chi connectivity index (χ1n) is 9.86. The molecule has 0 atom stereocenters. The zero-order chi connectivity index (χ0) is 25.9. The summed E-state index contributed by atoms with van der Waals surface area (Å²) in [5.74, 6) is -0.989. The molecule has 186 valence electrons. The molecule has 0 aliphatic carbocycles. The van der Waals surface area contributed by atoms with E-state index in [2.05, 4.69) is 37.2 Å². The Morgan fingerprint density at radius 2 is 1.83 bits per heavy atom.